The summed E-state index contributed by atoms with van der Waals surface area (Å²) in [5.41, 5.74) is 1.21. The number of nitrogens with zero attached hydrogens (tertiary/aromatic N) is 1. The fraction of sp³-hybridized carbons (Fsp3) is 0.417. The van der Waals surface area contributed by atoms with Gasteiger partial charge in [-0.05, 0) is 56.0 Å². The third kappa shape index (κ3) is 4.93. The molecule has 6 heteroatoms. The second-order valence-corrected chi connectivity index (χ2v) is 8.05. The molecular weight excluding hydrogens is 380 g/mol. The van der Waals surface area contributed by atoms with E-state index in [1.165, 1.54) is 0 Å². The number of carbonyl (C=O) groups is 2. The van der Waals surface area contributed by atoms with Gasteiger partial charge in [0.1, 0.15) is 11.5 Å². The molecule has 6 nitrogen and oxygen atoms in total. The van der Waals surface area contributed by atoms with Gasteiger partial charge in [-0.3, -0.25) is 9.59 Å². The Labute approximate surface area is 177 Å². The van der Waals surface area contributed by atoms with Crippen LogP contribution in [0.1, 0.15) is 46.4 Å². The van der Waals surface area contributed by atoms with Gasteiger partial charge in [-0.15, -0.1) is 0 Å². The molecule has 0 bridgehead atoms. The quantitative estimate of drug-likeness (QED) is 0.761. The summed E-state index contributed by atoms with van der Waals surface area (Å²) in [5.74, 6) is 1.49. The fourth-order valence-corrected chi connectivity index (χ4v) is 3.81. The molecule has 2 aromatic rings. The zero-order chi connectivity index (χ0) is 20.9. The number of likely N-dealkylation sites (tertiary alicyclic amines) is 1. The summed E-state index contributed by atoms with van der Waals surface area (Å²) in [5, 5.41) is 3.00. The van der Waals surface area contributed by atoms with E-state index in [0.29, 0.717) is 41.8 Å². The molecule has 2 aromatic carbocycles. The van der Waals surface area contributed by atoms with Crippen LogP contribution in [0.3, 0.4) is 0 Å². The Hall–Kier alpha value is -3.02. The van der Waals surface area contributed by atoms with E-state index in [-0.39, 0.29) is 17.7 Å². The molecule has 158 valence electrons. The maximum atomic E-state index is 13.0. The Kier molecular flexibility index (Phi) is 6.21. The third-order valence-electron chi connectivity index (χ3n) is 5.64. The summed E-state index contributed by atoms with van der Waals surface area (Å²) < 4.78 is 11.3. The van der Waals surface area contributed by atoms with Crippen molar-refractivity contribution >= 4 is 11.8 Å². The molecule has 0 aromatic heterocycles. The van der Waals surface area contributed by atoms with Crippen LogP contribution >= 0.6 is 0 Å². The number of hydrogen-bond donors (Lipinski definition) is 1. The van der Waals surface area contributed by atoms with E-state index in [1.807, 2.05) is 35.2 Å². The van der Waals surface area contributed by atoms with Crippen molar-refractivity contribution in [2.24, 2.45) is 5.92 Å². The first-order chi connectivity index (χ1) is 14.6. The van der Waals surface area contributed by atoms with Crippen molar-refractivity contribution in [1.82, 2.24) is 10.2 Å². The number of ether oxygens (including phenoxy) is 2. The van der Waals surface area contributed by atoms with Crippen molar-refractivity contribution in [2.75, 3.05) is 26.8 Å². The van der Waals surface area contributed by atoms with Gasteiger partial charge in [0.15, 0.2) is 0 Å². The first-order valence-electron chi connectivity index (χ1n) is 10.6. The molecule has 4 rings (SSSR count). The number of benzene rings is 2. The lowest BCUT2D eigenvalue weighted by molar-refractivity contribution is 0.0629. The SMILES string of the molecule is COc1ccccc1C(=O)N1CCC[C@H](COc2cccc(C(=O)NC3CC3)c2)C1. The van der Waals surface area contributed by atoms with E-state index in [2.05, 4.69) is 5.32 Å². The van der Waals surface area contributed by atoms with E-state index in [0.717, 1.165) is 32.2 Å². The first-order valence-corrected chi connectivity index (χ1v) is 10.6. The standard InChI is InChI=1S/C24H28N2O4/c1-29-22-10-3-2-9-21(22)24(28)26-13-5-6-17(15-26)16-30-20-8-4-7-18(14-20)23(27)25-19-11-12-19/h2-4,7-10,14,17,19H,5-6,11-13,15-16H2,1H3,(H,25,27)/t17-/m0/s1. The van der Waals surface area contributed by atoms with Crippen molar-refractivity contribution in [1.29, 1.82) is 0 Å². The zero-order valence-corrected chi connectivity index (χ0v) is 17.3. The van der Waals surface area contributed by atoms with Crippen molar-refractivity contribution in [3.8, 4) is 11.5 Å². The van der Waals surface area contributed by atoms with Gasteiger partial charge in [-0.1, -0.05) is 18.2 Å². The van der Waals surface area contributed by atoms with Crippen molar-refractivity contribution in [2.45, 2.75) is 31.7 Å². The minimum atomic E-state index is -0.0470. The monoisotopic (exact) mass is 408 g/mol. The Morgan fingerprint density at radius 2 is 1.93 bits per heavy atom. The van der Waals surface area contributed by atoms with Crippen LogP contribution in [0, 0.1) is 5.92 Å². The highest BCUT2D eigenvalue weighted by Crippen LogP contribution is 2.25. The van der Waals surface area contributed by atoms with E-state index >= 15 is 0 Å². The van der Waals surface area contributed by atoms with Crippen LogP contribution in [-0.4, -0.2) is 49.6 Å². The smallest absolute Gasteiger partial charge is 0.257 e. The number of rotatable bonds is 7. The number of piperidine rings is 1. The minimum Gasteiger partial charge on any atom is -0.496 e. The van der Waals surface area contributed by atoms with Crippen molar-refractivity contribution in [3.05, 3.63) is 59.7 Å². The highest BCUT2D eigenvalue weighted by molar-refractivity contribution is 5.97. The molecule has 1 saturated heterocycles. The number of carbonyl (C=O) groups excluding carboxylic acids is 2. The summed E-state index contributed by atoms with van der Waals surface area (Å²) in [4.78, 5) is 27.1. The minimum absolute atomic E-state index is 0.00380. The van der Waals surface area contributed by atoms with Gasteiger partial charge in [0.05, 0.1) is 19.3 Å². The Bertz CT molecular complexity index is 910. The predicted molar refractivity (Wildman–Crippen MR) is 114 cm³/mol. The van der Waals surface area contributed by atoms with E-state index in [1.54, 1.807) is 25.3 Å². The Morgan fingerprint density at radius 1 is 1.10 bits per heavy atom. The van der Waals surface area contributed by atoms with Gasteiger partial charge in [-0.25, -0.2) is 0 Å². The summed E-state index contributed by atoms with van der Waals surface area (Å²) in [6, 6.07) is 15.0. The van der Waals surface area contributed by atoms with Gasteiger partial charge in [0.2, 0.25) is 0 Å². The summed E-state index contributed by atoms with van der Waals surface area (Å²) >= 11 is 0. The molecule has 2 aliphatic rings. The van der Waals surface area contributed by atoms with Crippen molar-refractivity contribution < 1.29 is 19.1 Å². The van der Waals surface area contributed by atoms with Crippen LogP contribution in [-0.2, 0) is 0 Å². The predicted octanol–water partition coefficient (Wildman–Crippen LogP) is 3.52. The van der Waals surface area contributed by atoms with E-state index < -0.39 is 0 Å². The molecule has 1 aliphatic heterocycles. The maximum absolute atomic E-state index is 13.0. The lowest BCUT2D eigenvalue weighted by Gasteiger charge is -2.33. The molecule has 0 spiro atoms. The molecule has 1 N–H and O–H groups in total. The number of nitrogens with one attached hydrogen (secondary N) is 1. The highest BCUT2D eigenvalue weighted by atomic mass is 16.5. The Morgan fingerprint density at radius 3 is 2.73 bits per heavy atom. The average molecular weight is 408 g/mol. The van der Waals surface area contributed by atoms with E-state index in [4.69, 9.17) is 9.47 Å². The zero-order valence-electron chi connectivity index (χ0n) is 17.3. The number of para-hydroxylation sites is 1. The van der Waals surface area contributed by atoms with Gasteiger partial charge in [0, 0.05) is 30.6 Å². The van der Waals surface area contributed by atoms with Crippen LogP contribution in [0.15, 0.2) is 48.5 Å². The van der Waals surface area contributed by atoms with Gasteiger partial charge in [0.25, 0.3) is 11.8 Å². The molecule has 2 fully saturated rings. The summed E-state index contributed by atoms with van der Waals surface area (Å²) in [6.45, 7) is 1.91. The average Bonchev–Trinajstić information content (AvgIpc) is 3.61. The van der Waals surface area contributed by atoms with Gasteiger partial charge in [-0.2, -0.15) is 0 Å². The number of methoxy groups -OCH3 is 1. The molecule has 1 heterocycles. The first kappa shape index (κ1) is 20.3. The van der Waals surface area contributed by atoms with E-state index in [9.17, 15) is 9.59 Å². The maximum Gasteiger partial charge on any atom is 0.257 e. The lowest BCUT2D eigenvalue weighted by Crippen LogP contribution is -2.41. The fourth-order valence-electron chi connectivity index (χ4n) is 3.81. The topological polar surface area (TPSA) is 67.9 Å². The summed E-state index contributed by atoms with van der Waals surface area (Å²) in [6.07, 6.45) is 4.08. The Balaban J connectivity index is 1.34. The summed E-state index contributed by atoms with van der Waals surface area (Å²) in [7, 11) is 1.58. The molecule has 1 atom stereocenters. The normalized spacial score (nSPS) is 18.6. The molecule has 0 radical (unpaired) electrons. The van der Waals surface area contributed by atoms with Crippen LogP contribution < -0.4 is 14.8 Å². The third-order valence-corrected chi connectivity index (χ3v) is 5.64. The second kappa shape index (κ2) is 9.20. The number of hydrogen-bond acceptors (Lipinski definition) is 4. The van der Waals surface area contributed by atoms with Crippen LogP contribution in [0.25, 0.3) is 0 Å². The van der Waals surface area contributed by atoms with Gasteiger partial charge < -0.3 is 19.7 Å². The molecule has 1 aliphatic carbocycles. The molecule has 1 saturated carbocycles. The largest absolute Gasteiger partial charge is 0.496 e. The molecule has 30 heavy (non-hydrogen) atoms. The molecule has 0 unspecified atom stereocenters. The van der Waals surface area contributed by atoms with Crippen molar-refractivity contribution in [3.63, 3.8) is 0 Å². The van der Waals surface area contributed by atoms with Crippen LogP contribution in [0.4, 0.5) is 0 Å². The van der Waals surface area contributed by atoms with Gasteiger partial charge >= 0.3 is 0 Å². The lowest BCUT2D eigenvalue weighted by atomic mass is 9.98. The van der Waals surface area contributed by atoms with Crippen LogP contribution in [0.2, 0.25) is 0 Å². The molecule has 2 amide bonds. The number of amides is 2. The highest BCUT2D eigenvalue weighted by Gasteiger charge is 2.27. The molecular formula is C24H28N2O4. The van der Waals surface area contributed by atoms with Crippen LogP contribution in [0.5, 0.6) is 11.5 Å². The second-order valence-electron chi connectivity index (χ2n) is 8.05.